The average Bonchev–Trinajstić information content (AvgIpc) is 2.90. The maximum atomic E-state index is 14.1. The van der Waals surface area contributed by atoms with E-state index in [0.717, 1.165) is 30.7 Å². The van der Waals surface area contributed by atoms with Crippen molar-refractivity contribution in [2.75, 3.05) is 11.6 Å². The number of thioether (sulfide) groups is 1. The van der Waals surface area contributed by atoms with Crippen molar-refractivity contribution in [3.8, 4) is 0 Å². The average molecular weight is 383 g/mol. The number of amides is 1. The van der Waals surface area contributed by atoms with Crippen molar-refractivity contribution in [1.29, 1.82) is 0 Å². The van der Waals surface area contributed by atoms with Gasteiger partial charge in [-0.1, -0.05) is 38.5 Å². The van der Waals surface area contributed by atoms with Gasteiger partial charge in [-0.2, -0.15) is 0 Å². The van der Waals surface area contributed by atoms with Crippen LogP contribution in [0.15, 0.2) is 23.4 Å². The third kappa shape index (κ3) is 4.96. The van der Waals surface area contributed by atoms with Crippen molar-refractivity contribution in [1.82, 2.24) is 4.98 Å². The number of pyridine rings is 1. The van der Waals surface area contributed by atoms with E-state index in [4.69, 9.17) is 0 Å². The van der Waals surface area contributed by atoms with Crippen molar-refractivity contribution in [3.05, 3.63) is 18.3 Å². The molecule has 1 aromatic heterocycles. The number of hydrogen-bond acceptors (Lipinski definition) is 3. The summed E-state index contributed by atoms with van der Waals surface area (Å²) in [6.45, 7) is 0. The molecule has 1 heterocycles. The van der Waals surface area contributed by atoms with Crippen LogP contribution in [-0.2, 0) is 4.79 Å². The molecule has 0 aliphatic heterocycles. The summed E-state index contributed by atoms with van der Waals surface area (Å²) in [5.41, 5.74) is 0.642. The highest BCUT2D eigenvalue weighted by Crippen LogP contribution is 2.46. The number of rotatable bonds is 4. The minimum Gasteiger partial charge on any atom is -0.326 e. The zero-order valence-electron chi connectivity index (χ0n) is 15.3. The zero-order valence-corrected chi connectivity index (χ0v) is 16.2. The number of aromatic nitrogens is 1. The van der Waals surface area contributed by atoms with Crippen LogP contribution in [0.2, 0.25) is 0 Å². The quantitative estimate of drug-likeness (QED) is 0.531. The lowest BCUT2D eigenvalue weighted by Gasteiger charge is -2.39. The smallest absolute Gasteiger partial charge is 0.248 e. The van der Waals surface area contributed by atoms with Gasteiger partial charge in [0.15, 0.2) is 0 Å². The molecule has 0 saturated heterocycles. The van der Waals surface area contributed by atoms with Crippen LogP contribution in [0.4, 0.5) is 14.5 Å². The number of nitrogens with one attached hydrogen (secondary N) is 1. The molecule has 144 valence electrons. The third-order valence-corrected chi connectivity index (χ3v) is 6.57. The summed E-state index contributed by atoms with van der Waals surface area (Å²) in [7, 11) is 0. The SMILES string of the molecule is CSc1cc(NC(=O)[C@@H]2CC(F)(F)CCC2C2CCCCCC2)ccn1. The zero-order chi connectivity index (χ0) is 18.6. The second kappa shape index (κ2) is 8.68. The largest absolute Gasteiger partial charge is 0.326 e. The Morgan fingerprint density at radius 3 is 2.65 bits per heavy atom. The molecule has 3 rings (SSSR count). The van der Waals surface area contributed by atoms with Crippen molar-refractivity contribution in [3.63, 3.8) is 0 Å². The maximum Gasteiger partial charge on any atom is 0.248 e. The predicted molar refractivity (Wildman–Crippen MR) is 102 cm³/mol. The lowest BCUT2D eigenvalue weighted by atomic mass is 9.68. The fourth-order valence-corrected chi connectivity index (χ4v) is 4.99. The lowest BCUT2D eigenvalue weighted by molar-refractivity contribution is -0.134. The summed E-state index contributed by atoms with van der Waals surface area (Å²) >= 11 is 1.49. The number of carbonyl (C=O) groups is 1. The molecule has 6 heteroatoms. The van der Waals surface area contributed by atoms with Gasteiger partial charge in [-0.05, 0) is 36.6 Å². The van der Waals surface area contributed by atoms with Crippen LogP contribution in [0.3, 0.4) is 0 Å². The van der Waals surface area contributed by atoms with Gasteiger partial charge in [-0.15, -0.1) is 11.8 Å². The normalized spacial score (nSPS) is 26.9. The second-order valence-electron chi connectivity index (χ2n) is 7.70. The van der Waals surface area contributed by atoms with Gasteiger partial charge < -0.3 is 5.32 Å². The summed E-state index contributed by atoms with van der Waals surface area (Å²) in [6.07, 6.45) is 10.5. The Hall–Kier alpha value is -1.17. The summed E-state index contributed by atoms with van der Waals surface area (Å²) in [5, 5.41) is 3.69. The predicted octanol–water partition coefficient (Wildman–Crippen LogP) is 5.76. The van der Waals surface area contributed by atoms with Gasteiger partial charge >= 0.3 is 0 Å². The first-order chi connectivity index (χ1) is 12.5. The van der Waals surface area contributed by atoms with E-state index in [1.165, 1.54) is 24.6 Å². The van der Waals surface area contributed by atoms with Crippen LogP contribution in [0, 0.1) is 17.8 Å². The molecule has 2 fully saturated rings. The van der Waals surface area contributed by atoms with Crippen molar-refractivity contribution in [2.24, 2.45) is 17.8 Å². The van der Waals surface area contributed by atoms with Gasteiger partial charge in [0.1, 0.15) is 0 Å². The molecule has 1 amide bonds. The summed E-state index contributed by atoms with van der Waals surface area (Å²) in [6, 6.07) is 3.52. The molecule has 1 unspecified atom stereocenters. The molecule has 0 spiro atoms. The molecule has 0 radical (unpaired) electrons. The monoisotopic (exact) mass is 382 g/mol. The van der Waals surface area contributed by atoms with Gasteiger partial charge in [0.05, 0.1) is 5.03 Å². The van der Waals surface area contributed by atoms with E-state index >= 15 is 0 Å². The number of carbonyl (C=O) groups excluding carboxylic acids is 1. The van der Waals surface area contributed by atoms with Crippen molar-refractivity contribution >= 4 is 23.4 Å². The maximum absolute atomic E-state index is 14.1. The molecule has 0 bridgehead atoms. The second-order valence-corrected chi connectivity index (χ2v) is 8.52. The standard InChI is InChI=1S/C20H28F2N2OS/c1-26-18-12-15(9-11-23-18)24-19(25)17-13-20(21,22)10-8-16(17)14-6-4-2-3-5-7-14/h9,11-12,14,16-17H,2-8,10,13H2,1H3,(H,23,24,25)/t16?,17-/m1/s1. The highest BCUT2D eigenvalue weighted by atomic mass is 32.2. The van der Waals surface area contributed by atoms with Crippen molar-refractivity contribution < 1.29 is 13.6 Å². The molecule has 0 aromatic carbocycles. The summed E-state index contributed by atoms with van der Waals surface area (Å²) in [5.74, 6) is -3.10. The van der Waals surface area contributed by atoms with Crippen molar-refractivity contribution in [2.45, 2.75) is 68.7 Å². The van der Waals surface area contributed by atoms with E-state index in [1.54, 1.807) is 18.3 Å². The Bertz CT molecular complexity index is 618. The molecular weight excluding hydrogens is 354 g/mol. The topological polar surface area (TPSA) is 42.0 Å². The molecule has 2 saturated carbocycles. The van der Waals surface area contributed by atoms with Gasteiger partial charge in [-0.25, -0.2) is 13.8 Å². The Kier molecular flexibility index (Phi) is 6.54. The molecule has 2 atom stereocenters. The van der Waals surface area contributed by atoms with Crippen LogP contribution >= 0.6 is 11.8 Å². The molecule has 1 N–H and O–H groups in total. The fourth-order valence-electron chi connectivity index (χ4n) is 4.58. The van der Waals surface area contributed by atoms with Crippen LogP contribution in [0.25, 0.3) is 0 Å². The first kappa shape index (κ1) is 19.6. The third-order valence-electron chi connectivity index (χ3n) is 5.93. The van der Waals surface area contributed by atoms with Gasteiger partial charge in [0, 0.05) is 30.6 Å². The minimum atomic E-state index is -2.73. The Morgan fingerprint density at radius 2 is 1.96 bits per heavy atom. The Morgan fingerprint density at radius 1 is 1.23 bits per heavy atom. The molecule has 26 heavy (non-hydrogen) atoms. The van der Waals surface area contributed by atoms with E-state index in [0.29, 0.717) is 18.0 Å². The molecule has 2 aliphatic rings. The van der Waals surface area contributed by atoms with E-state index in [1.807, 2.05) is 6.26 Å². The highest BCUT2D eigenvalue weighted by Gasteiger charge is 2.46. The first-order valence-corrected chi connectivity index (χ1v) is 10.9. The molecule has 2 aliphatic carbocycles. The van der Waals surface area contributed by atoms with Crippen LogP contribution in [-0.4, -0.2) is 23.1 Å². The number of hydrogen-bond donors (Lipinski definition) is 1. The van der Waals surface area contributed by atoms with Gasteiger partial charge in [0.25, 0.3) is 0 Å². The van der Waals surface area contributed by atoms with Gasteiger partial charge in [0.2, 0.25) is 11.8 Å². The van der Waals surface area contributed by atoms with E-state index in [9.17, 15) is 13.6 Å². The Balaban J connectivity index is 1.75. The molecule has 1 aromatic rings. The van der Waals surface area contributed by atoms with Crippen LogP contribution < -0.4 is 5.32 Å². The first-order valence-electron chi connectivity index (χ1n) is 9.67. The Labute approximate surface area is 158 Å². The summed E-state index contributed by atoms with van der Waals surface area (Å²) < 4.78 is 28.2. The minimum absolute atomic E-state index is 0.0783. The molecule has 3 nitrogen and oxygen atoms in total. The number of nitrogens with zero attached hydrogens (tertiary/aromatic N) is 1. The number of halogens is 2. The molecular formula is C20H28F2N2OS. The lowest BCUT2D eigenvalue weighted by Crippen LogP contribution is -2.42. The summed E-state index contributed by atoms with van der Waals surface area (Å²) in [4.78, 5) is 17.1. The van der Waals surface area contributed by atoms with Crippen LogP contribution in [0.5, 0.6) is 0 Å². The fraction of sp³-hybridized carbons (Fsp3) is 0.700. The van der Waals surface area contributed by atoms with Crippen LogP contribution in [0.1, 0.15) is 57.8 Å². The number of anilines is 1. The van der Waals surface area contributed by atoms with E-state index < -0.39 is 11.8 Å². The van der Waals surface area contributed by atoms with E-state index in [-0.39, 0.29) is 24.7 Å². The number of alkyl halides is 2. The van der Waals surface area contributed by atoms with Gasteiger partial charge in [-0.3, -0.25) is 4.79 Å². The van der Waals surface area contributed by atoms with E-state index in [2.05, 4.69) is 10.3 Å². The highest BCUT2D eigenvalue weighted by molar-refractivity contribution is 7.98.